The molecule has 0 bridgehead atoms. The van der Waals surface area contributed by atoms with E-state index in [9.17, 15) is 9.18 Å². The van der Waals surface area contributed by atoms with E-state index in [4.69, 9.17) is 9.47 Å². The Labute approximate surface area is 134 Å². The maximum Gasteiger partial charge on any atom is 0.224 e. The third kappa shape index (κ3) is 3.80. The number of carbonyl (C=O) groups is 1. The van der Waals surface area contributed by atoms with E-state index in [1.54, 1.807) is 12.1 Å². The fraction of sp³-hybridized carbons (Fsp3) is 0.278. The largest absolute Gasteiger partial charge is 0.486 e. The molecule has 2 aromatic carbocycles. The lowest BCUT2D eigenvalue weighted by atomic mass is 10.1. The van der Waals surface area contributed by atoms with Crippen molar-refractivity contribution < 1.29 is 18.7 Å². The summed E-state index contributed by atoms with van der Waals surface area (Å²) in [7, 11) is 0. The van der Waals surface area contributed by atoms with Gasteiger partial charge in [0.15, 0.2) is 11.5 Å². The summed E-state index contributed by atoms with van der Waals surface area (Å²) in [5.41, 5.74) is 1.72. The Hall–Kier alpha value is -2.56. The first-order valence-corrected chi connectivity index (χ1v) is 7.55. The van der Waals surface area contributed by atoms with Gasteiger partial charge in [-0.15, -0.1) is 0 Å². The van der Waals surface area contributed by atoms with Crippen molar-refractivity contribution in [1.82, 2.24) is 5.32 Å². The van der Waals surface area contributed by atoms with Crippen LogP contribution in [0.15, 0.2) is 42.5 Å². The molecule has 4 nitrogen and oxygen atoms in total. The highest BCUT2D eigenvalue weighted by Crippen LogP contribution is 2.30. The number of fused-ring (bicyclic) bond motifs is 1. The molecule has 0 saturated carbocycles. The molecule has 0 radical (unpaired) electrons. The summed E-state index contributed by atoms with van der Waals surface area (Å²) in [6, 6.07) is 11.4. The van der Waals surface area contributed by atoms with Gasteiger partial charge in [-0.05, 0) is 42.3 Å². The Kier molecular flexibility index (Phi) is 4.46. The van der Waals surface area contributed by atoms with Gasteiger partial charge in [0.05, 0.1) is 12.5 Å². The van der Waals surface area contributed by atoms with Crippen LogP contribution in [0, 0.1) is 5.82 Å². The summed E-state index contributed by atoms with van der Waals surface area (Å²) < 4.78 is 23.9. The molecular formula is C18H18FNO3. The van der Waals surface area contributed by atoms with Crippen LogP contribution in [-0.2, 0) is 11.2 Å². The van der Waals surface area contributed by atoms with Crippen molar-refractivity contribution in [2.24, 2.45) is 0 Å². The topological polar surface area (TPSA) is 47.6 Å². The predicted molar refractivity (Wildman–Crippen MR) is 84.1 cm³/mol. The highest BCUT2D eigenvalue weighted by atomic mass is 19.1. The highest BCUT2D eigenvalue weighted by molar-refractivity contribution is 5.79. The molecule has 0 saturated heterocycles. The quantitative estimate of drug-likeness (QED) is 0.943. The second-order valence-corrected chi connectivity index (χ2v) is 5.50. The Morgan fingerprint density at radius 1 is 1.13 bits per heavy atom. The van der Waals surface area contributed by atoms with Crippen molar-refractivity contribution in [2.75, 3.05) is 13.2 Å². The second kappa shape index (κ2) is 6.69. The lowest BCUT2D eigenvalue weighted by molar-refractivity contribution is -0.121. The monoisotopic (exact) mass is 315 g/mol. The molecule has 1 unspecified atom stereocenters. The van der Waals surface area contributed by atoms with Crippen molar-refractivity contribution in [3.8, 4) is 11.5 Å². The van der Waals surface area contributed by atoms with Crippen LogP contribution in [0.2, 0.25) is 0 Å². The van der Waals surface area contributed by atoms with E-state index in [-0.39, 0.29) is 24.2 Å². The van der Waals surface area contributed by atoms with E-state index in [0.29, 0.717) is 24.7 Å². The van der Waals surface area contributed by atoms with Crippen LogP contribution in [0.5, 0.6) is 11.5 Å². The molecule has 1 amide bonds. The molecule has 2 aromatic rings. The number of halogens is 1. The zero-order chi connectivity index (χ0) is 16.2. The van der Waals surface area contributed by atoms with E-state index in [1.165, 1.54) is 12.1 Å². The normalized spacial score (nSPS) is 14.2. The summed E-state index contributed by atoms with van der Waals surface area (Å²) in [6.07, 6.45) is 0.252. The number of hydrogen-bond acceptors (Lipinski definition) is 3. The average Bonchev–Trinajstić information content (AvgIpc) is 2.55. The standard InChI is InChI=1S/C18H18FNO3/c1-12(14-3-5-15(19)6-4-14)20-18(21)11-13-2-7-16-17(10-13)23-9-8-22-16/h2-7,10,12H,8-9,11H2,1H3,(H,20,21). The molecule has 23 heavy (non-hydrogen) atoms. The van der Waals surface area contributed by atoms with E-state index in [2.05, 4.69) is 5.32 Å². The van der Waals surface area contributed by atoms with Crippen LogP contribution in [0.3, 0.4) is 0 Å². The number of carbonyl (C=O) groups excluding carboxylic acids is 1. The minimum absolute atomic E-state index is 0.0986. The molecule has 120 valence electrons. The fourth-order valence-corrected chi connectivity index (χ4v) is 2.51. The van der Waals surface area contributed by atoms with Gasteiger partial charge in [0.1, 0.15) is 19.0 Å². The van der Waals surface area contributed by atoms with E-state index in [0.717, 1.165) is 11.1 Å². The van der Waals surface area contributed by atoms with E-state index < -0.39 is 0 Å². The van der Waals surface area contributed by atoms with Crippen molar-refractivity contribution in [2.45, 2.75) is 19.4 Å². The first kappa shape index (κ1) is 15.3. The van der Waals surface area contributed by atoms with Crippen molar-refractivity contribution in [3.05, 3.63) is 59.4 Å². The Bertz CT molecular complexity index is 700. The lowest BCUT2D eigenvalue weighted by Crippen LogP contribution is -2.28. The zero-order valence-electron chi connectivity index (χ0n) is 12.8. The van der Waals surface area contributed by atoms with Gasteiger partial charge >= 0.3 is 0 Å². The van der Waals surface area contributed by atoms with Gasteiger partial charge in [0.2, 0.25) is 5.91 Å². The van der Waals surface area contributed by atoms with Gasteiger partial charge in [0, 0.05) is 0 Å². The third-order valence-corrected chi connectivity index (χ3v) is 3.72. The van der Waals surface area contributed by atoms with Crippen LogP contribution in [-0.4, -0.2) is 19.1 Å². The molecule has 1 N–H and O–H groups in total. The van der Waals surface area contributed by atoms with Crippen molar-refractivity contribution in [1.29, 1.82) is 0 Å². The van der Waals surface area contributed by atoms with Gasteiger partial charge in [-0.3, -0.25) is 4.79 Å². The molecule has 1 atom stereocenters. The SMILES string of the molecule is CC(NC(=O)Cc1ccc2c(c1)OCCO2)c1ccc(F)cc1. The van der Waals surface area contributed by atoms with Crippen LogP contribution in [0.25, 0.3) is 0 Å². The molecule has 5 heteroatoms. The number of benzene rings is 2. The number of amides is 1. The fourth-order valence-electron chi connectivity index (χ4n) is 2.51. The minimum atomic E-state index is -0.288. The summed E-state index contributed by atoms with van der Waals surface area (Å²) in [6.45, 7) is 2.93. The summed E-state index contributed by atoms with van der Waals surface area (Å²) in [4.78, 5) is 12.2. The molecule has 1 aliphatic rings. The van der Waals surface area contributed by atoms with Gasteiger partial charge < -0.3 is 14.8 Å². The predicted octanol–water partition coefficient (Wildman–Crippen LogP) is 3.02. The summed E-state index contributed by atoms with van der Waals surface area (Å²) >= 11 is 0. The van der Waals surface area contributed by atoms with Crippen molar-refractivity contribution >= 4 is 5.91 Å². The molecule has 1 aliphatic heterocycles. The molecule has 0 spiro atoms. The zero-order valence-corrected chi connectivity index (χ0v) is 12.8. The van der Waals surface area contributed by atoms with Crippen LogP contribution >= 0.6 is 0 Å². The van der Waals surface area contributed by atoms with E-state index >= 15 is 0 Å². The smallest absolute Gasteiger partial charge is 0.224 e. The molecular weight excluding hydrogens is 297 g/mol. The molecule has 0 fully saturated rings. The van der Waals surface area contributed by atoms with Gasteiger partial charge in [0.25, 0.3) is 0 Å². The van der Waals surface area contributed by atoms with E-state index in [1.807, 2.05) is 25.1 Å². The average molecular weight is 315 g/mol. The Morgan fingerprint density at radius 2 is 1.83 bits per heavy atom. The summed E-state index contributed by atoms with van der Waals surface area (Å²) in [5, 5.41) is 2.91. The minimum Gasteiger partial charge on any atom is -0.486 e. The molecule has 1 heterocycles. The first-order valence-electron chi connectivity index (χ1n) is 7.55. The number of rotatable bonds is 4. The molecule has 3 rings (SSSR count). The highest BCUT2D eigenvalue weighted by Gasteiger charge is 2.14. The van der Waals surface area contributed by atoms with Crippen molar-refractivity contribution in [3.63, 3.8) is 0 Å². The van der Waals surface area contributed by atoms with Gasteiger partial charge in [-0.25, -0.2) is 4.39 Å². The van der Waals surface area contributed by atoms with Gasteiger partial charge in [-0.1, -0.05) is 18.2 Å². The van der Waals surface area contributed by atoms with Crippen LogP contribution < -0.4 is 14.8 Å². The summed E-state index contributed by atoms with van der Waals surface area (Å²) in [5.74, 6) is 0.996. The van der Waals surface area contributed by atoms with Crippen LogP contribution in [0.4, 0.5) is 4.39 Å². The number of ether oxygens (including phenoxy) is 2. The third-order valence-electron chi connectivity index (χ3n) is 3.72. The Morgan fingerprint density at radius 3 is 2.57 bits per heavy atom. The lowest BCUT2D eigenvalue weighted by Gasteiger charge is -2.19. The first-order chi connectivity index (χ1) is 11.1. The van der Waals surface area contributed by atoms with Crippen LogP contribution in [0.1, 0.15) is 24.1 Å². The maximum atomic E-state index is 12.9. The van der Waals surface area contributed by atoms with Gasteiger partial charge in [-0.2, -0.15) is 0 Å². The number of nitrogens with one attached hydrogen (secondary N) is 1. The molecule has 0 aliphatic carbocycles. The molecule has 0 aromatic heterocycles. The Balaban J connectivity index is 1.61. The second-order valence-electron chi connectivity index (χ2n) is 5.50. The maximum absolute atomic E-state index is 12.9. The number of hydrogen-bond donors (Lipinski definition) is 1.